The van der Waals surface area contributed by atoms with Gasteiger partial charge in [-0.1, -0.05) is 6.58 Å². The fourth-order valence-electron chi connectivity index (χ4n) is 1.37. The SMILES string of the molecule is C=C(C(F)(F)F)C1(O)CC(OC)C1. The van der Waals surface area contributed by atoms with Gasteiger partial charge in [0.2, 0.25) is 0 Å². The first-order chi connectivity index (χ1) is 5.79. The van der Waals surface area contributed by atoms with E-state index in [-0.39, 0.29) is 18.9 Å². The highest BCUT2D eigenvalue weighted by Gasteiger charge is 2.53. The Kier molecular flexibility index (Phi) is 2.42. The van der Waals surface area contributed by atoms with Crippen molar-refractivity contribution in [1.29, 1.82) is 0 Å². The minimum Gasteiger partial charge on any atom is -0.385 e. The highest BCUT2D eigenvalue weighted by molar-refractivity contribution is 5.23. The molecular weight excluding hydrogens is 185 g/mol. The number of halogens is 3. The average Bonchev–Trinajstić information content (AvgIpc) is 1.95. The molecule has 0 aromatic carbocycles. The lowest BCUT2D eigenvalue weighted by Gasteiger charge is -2.44. The van der Waals surface area contributed by atoms with Gasteiger partial charge in [-0.3, -0.25) is 0 Å². The van der Waals surface area contributed by atoms with Crippen LogP contribution in [-0.4, -0.2) is 30.1 Å². The highest BCUT2D eigenvalue weighted by Crippen LogP contribution is 2.45. The largest absolute Gasteiger partial charge is 0.414 e. The van der Waals surface area contributed by atoms with Gasteiger partial charge >= 0.3 is 6.18 Å². The van der Waals surface area contributed by atoms with Crippen LogP contribution in [0.2, 0.25) is 0 Å². The molecular formula is C8H11F3O2. The first kappa shape index (κ1) is 10.5. The summed E-state index contributed by atoms with van der Waals surface area (Å²) in [6, 6.07) is 0. The summed E-state index contributed by atoms with van der Waals surface area (Å²) in [7, 11) is 1.40. The molecule has 0 spiro atoms. The molecule has 5 heteroatoms. The first-order valence-corrected chi connectivity index (χ1v) is 3.81. The predicted molar refractivity (Wildman–Crippen MR) is 40.2 cm³/mol. The number of methoxy groups -OCH3 is 1. The van der Waals surface area contributed by atoms with Crippen LogP contribution in [0.25, 0.3) is 0 Å². The summed E-state index contributed by atoms with van der Waals surface area (Å²) in [5.41, 5.74) is -2.88. The minimum absolute atomic E-state index is 0.0259. The molecule has 13 heavy (non-hydrogen) atoms. The molecule has 0 aliphatic heterocycles. The Bertz CT molecular complexity index is 216. The lowest BCUT2D eigenvalue weighted by atomic mass is 9.72. The van der Waals surface area contributed by atoms with Crippen molar-refractivity contribution in [2.45, 2.75) is 30.7 Å². The molecule has 0 aromatic heterocycles. The number of rotatable bonds is 2. The van der Waals surface area contributed by atoms with Gasteiger partial charge in [0.05, 0.1) is 17.3 Å². The van der Waals surface area contributed by atoms with Gasteiger partial charge in [-0.15, -0.1) is 0 Å². The van der Waals surface area contributed by atoms with Crippen molar-refractivity contribution in [3.05, 3.63) is 12.2 Å². The summed E-state index contributed by atoms with van der Waals surface area (Å²) in [5, 5.41) is 9.42. The Morgan fingerprint density at radius 1 is 1.54 bits per heavy atom. The van der Waals surface area contributed by atoms with E-state index in [0.717, 1.165) is 0 Å². The van der Waals surface area contributed by atoms with Gasteiger partial charge in [0.1, 0.15) is 0 Å². The Balaban J connectivity index is 2.60. The second-order valence-corrected chi connectivity index (χ2v) is 3.27. The standard InChI is InChI=1S/C8H11F3O2/c1-5(8(9,10)11)7(12)3-6(4-7)13-2/h6,12H,1,3-4H2,2H3. The second kappa shape index (κ2) is 2.99. The Morgan fingerprint density at radius 2 is 2.00 bits per heavy atom. The fraction of sp³-hybridized carbons (Fsp3) is 0.750. The maximum absolute atomic E-state index is 12.1. The van der Waals surface area contributed by atoms with Crippen molar-refractivity contribution in [2.24, 2.45) is 0 Å². The molecule has 1 N–H and O–H groups in total. The summed E-state index contributed by atoms with van der Waals surface area (Å²) in [6.07, 6.45) is -4.86. The van der Waals surface area contributed by atoms with E-state index >= 15 is 0 Å². The quantitative estimate of drug-likeness (QED) is 0.680. The molecule has 0 saturated heterocycles. The van der Waals surface area contributed by atoms with Crippen LogP contribution < -0.4 is 0 Å². The van der Waals surface area contributed by atoms with E-state index in [9.17, 15) is 18.3 Å². The third-order valence-electron chi connectivity index (χ3n) is 2.37. The van der Waals surface area contributed by atoms with E-state index in [2.05, 4.69) is 6.58 Å². The first-order valence-electron chi connectivity index (χ1n) is 3.81. The van der Waals surface area contributed by atoms with E-state index in [1.54, 1.807) is 0 Å². The van der Waals surface area contributed by atoms with E-state index in [1.165, 1.54) is 7.11 Å². The summed E-state index contributed by atoms with van der Waals surface area (Å²) in [4.78, 5) is 0. The molecule has 1 aliphatic carbocycles. The zero-order chi connectivity index (χ0) is 10.3. The number of hydrogen-bond donors (Lipinski definition) is 1. The Labute approximate surface area is 74.0 Å². The minimum atomic E-state index is -4.52. The average molecular weight is 196 g/mol. The third-order valence-corrected chi connectivity index (χ3v) is 2.37. The molecule has 1 fully saturated rings. The maximum atomic E-state index is 12.1. The van der Waals surface area contributed by atoms with Gasteiger partial charge in [-0.05, 0) is 0 Å². The topological polar surface area (TPSA) is 29.5 Å². The number of aliphatic hydroxyl groups is 1. The zero-order valence-electron chi connectivity index (χ0n) is 7.19. The highest BCUT2D eigenvalue weighted by atomic mass is 19.4. The van der Waals surface area contributed by atoms with Crippen LogP contribution in [0, 0.1) is 0 Å². The molecule has 0 aromatic rings. The van der Waals surface area contributed by atoms with Crippen LogP contribution in [0.5, 0.6) is 0 Å². The fourth-order valence-corrected chi connectivity index (χ4v) is 1.37. The number of ether oxygens (including phenoxy) is 1. The summed E-state index contributed by atoms with van der Waals surface area (Å²) in [6.45, 7) is 2.86. The van der Waals surface area contributed by atoms with Crippen molar-refractivity contribution in [3.8, 4) is 0 Å². The number of alkyl halides is 3. The van der Waals surface area contributed by atoms with Crippen molar-refractivity contribution in [3.63, 3.8) is 0 Å². The van der Waals surface area contributed by atoms with Crippen LogP contribution in [0.3, 0.4) is 0 Å². The van der Waals surface area contributed by atoms with Gasteiger partial charge in [0, 0.05) is 20.0 Å². The van der Waals surface area contributed by atoms with Crippen molar-refractivity contribution >= 4 is 0 Å². The molecule has 0 bridgehead atoms. The van der Waals surface area contributed by atoms with Crippen LogP contribution >= 0.6 is 0 Å². The van der Waals surface area contributed by atoms with Gasteiger partial charge in [-0.2, -0.15) is 13.2 Å². The smallest absolute Gasteiger partial charge is 0.385 e. The summed E-state index contributed by atoms with van der Waals surface area (Å²) < 4.78 is 41.1. The van der Waals surface area contributed by atoms with Gasteiger partial charge in [0.15, 0.2) is 0 Å². The molecule has 1 saturated carbocycles. The third kappa shape index (κ3) is 1.86. The summed E-state index contributed by atoms with van der Waals surface area (Å²) >= 11 is 0. The molecule has 76 valence electrons. The van der Waals surface area contributed by atoms with Crippen LogP contribution in [-0.2, 0) is 4.74 Å². The molecule has 0 heterocycles. The van der Waals surface area contributed by atoms with E-state index < -0.39 is 17.4 Å². The molecule has 0 unspecified atom stereocenters. The van der Waals surface area contributed by atoms with Crippen molar-refractivity contribution in [2.75, 3.05) is 7.11 Å². The lowest BCUT2D eigenvalue weighted by Crippen LogP contribution is -2.52. The van der Waals surface area contributed by atoms with E-state index in [0.29, 0.717) is 0 Å². The van der Waals surface area contributed by atoms with Gasteiger partial charge in [0.25, 0.3) is 0 Å². The van der Waals surface area contributed by atoms with Crippen LogP contribution in [0.15, 0.2) is 12.2 Å². The second-order valence-electron chi connectivity index (χ2n) is 3.27. The normalized spacial score (nSPS) is 34.1. The molecule has 0 atom stereocenters. The van der Waals surface area contributed by atoms with Crippen LogP contribution in [0.1, 0.15) is 12.8 Å². The maximum Gasteiger partial charge on any atom is 0.414 e. The molecule has 0 radical (unpaired) electrons. The molecule has 0 amide bonds. The van der Waals surface area contributed by atoms with Gasteiger partial charge < -0.3 is 9.84 Å². The van der Waals surface area contributed by atoms with Crippen LogP contribution in [0.4, 0.5) is 13.2 Å². The number of hydrogen-bond acceptors (Lipinski definition) is 2. The molecule has 1 aliphatic rings. The van der Waals surface area contributed by atoms with Crippen molar-refractivity contribution in [1.82, 2.24) is 0 Å². The monoisotopic (exact) mass is 196 g/mol. The van der Waals surface area contributed by atoms with E-state index in [1.807, 2.05) is 0 Å². The zero-order valence-corrected chi connectivity index (χ0v) is 7.19. The van der Waals surface area contributed by atoms with Crippen molar-refractivity contribution < 1.29 is 23.0 Å². The van der Waals surface area contributed by atoms with E-state index in [4.69, 9.17) is 4.74 Å². The molecule has 1 rings (SSSR count). The lowest BCUT2D eigenvalue weighted by molar-refractivity contribution is -0.162. The predicted octanol–water partition coefficient (Wildman–Crippen LogP) is 1.64. The molecule has 2 nitrogen and oxygen atoms in total. The van der Waals surface area contributed by atoms with Gasteiger partial charge in [-0.25, -0.2) is 0 Å². The Morgan fingerprint density at radius 3 is 2.31 bits per heavy atom. The Hall–Kier alpha value is -0.550. The summed E-state index contributed by atoms with van der Waals surface area (Å²) in [5.74, 6) is 0.